The summed E-state index contributed by atoms with van der Waals surface area (Å²) < 4.78 is 21.3. The molecule has 1 saturated heterocycles. The van der Waals surface area contributed by atoms with Crippen LogP contribution in [0, 0.1) is 0 Å². The van der Waals surface area contributed by atoms with Gasteiger partial charge in [0.1, 0.15) is 30.2 Å². The quantitative estimate of drug-likeness (QED) is 0.395. The maximum atomic E-state index is 10.8. The predicted octanol–water partition coefficient (Wildman–Crippen LogP) is -1.31. The van der Waals surface area contributed by atoms with Gasteiger partial charge in [0.05, 0.1) is 6.61 Å². The third-order valence-electron chi connectivity index (χ3n) is 4.00. The van der Waals surface area contributed by atoms with Crippen LogP contribution in [0.25, 0.3) is 6.08 Å². The van der Waals surface area contributed by atoms with Crippen molar-refractivity contribution in [3.63, 3.8) is 0 Å². The van der Waals surface area contributed by atoms with Crippen molar-refractivity contribution in [3.8, 4) is 17.2 Å². The van der Waals surface area contributed by atoms with Gasteiger partial charge in [0.25, 0.3) is 0 Å². The minimum absolute atomic E-state index is 0.0130. The summed E-state index contributed by atoms with van der Waals surface area (Å²) in [4.78, 5) is 10.8. The molecular formula is C16H18O10. The standard InChI is InChI=1S/C16H18O10/c17-5-11-13(20)14(21)15(22)16(26-11)25-8-4-10-9(23-6-24-10)3-7(8)1-2-12(18)19/h1-4,11,13-17,20-22H,5-6H2,(H,18,19)/b2-1+/t11-,13-,14+,15-,16-/m1/s1. The third kappa shape index (κ3) is 3.59. The number of aliphatic hydroxyl groups excluding tert-OH is 4. The Bertz CT molecular complexity index is 701. The zero-order valence-electron chi connectivity index (χ0n) is 13.4. The molecule has 26 heavy (non-hydrogen) atoms. The SMILES string of the molecule is O=C(O)/C=C/c1cc2c(cc1O[C@@H]1O[C@H](CO)[C@@H](O)[C@H](O)[C@H]1O)OCO2. The molecule has 0 unspecified atom stereocenters. The summed E-state index contributed by atoms with van der Waals surface area (Å²) >= 11 is 0. The molecule has 1 fully saturated rings. The van der Waals surface area contributed by atoms with Crippen LogP contribution >= 0.6 is 0 Å². The van der Waals surface area contributed by atoms with E-state index in [0.717, 1.165) is 6.08 Å². The van der Waals surface area contributed by atoms with E-state index in [-0.39, 0.29) is 12.5 Å². The Labute approximate surface area is 147 Å². The Morgan fingerprint density at radius 2 is 1.85 bits per heavy atom. The molecule has 10 heteroatoms. The first-order chi connectivity index (χ1) is 12.4. The number of hydrogen-bond donors (Lipinski definition) is 5. The summed E-state index contributed by atoms with van der Waals surface area (Å²) in [6.45, 7) is -0.612. The zero-order valence-corrected chi connectivity index (χ0v) is 13.4. The first kappa shape index (κ1) is 18.4. The minimum atomic E-state index is -1.60. The summed E-state index contributed by atoms with van der Waals surface area (Å²) in [7, 11) is 0. The second-order valence-electron chi connectivity index (χ2n) is 5.73. The monoisotopic (exact) mass is 370 g/mol. The number of carboxylic acids is 1. The molecular weight excluding hydrogens is 352 g/mol. The van der Waals surface area contributed by atoms with Gasteiger partial charge in [0, 0.05) is 17.7 Å². The molecule has 2 aliphatic heterocycles. The van der Waals surface area contributed by atoms with Gasteiger partial charge in [0.15, 0.2) is 11.5 Å². The molecule has 2 aliphatic rings. The minimum Gasteiger partial charge on any atom is -0.478 e. The zero-order chi connectivity index (χ0) is 18.8. The van der Waals surface area contributed by atoms with Crippen LogP contribution < -0.4 is 14.2 Å². The van der Waals surface area contributed by atoms with Crippen molar-refractivity contribution < 1.29 is 49.3 Å². The van der Waals surface area contributed by atoms with Crippen LogP contribution in [0.5, 0.6) is 17.2 Å². The number of aliphatic hydroxyl groups is 4. The molecule has 0 bridgehead atoms. The number of carboxylic acid groups (broad SMARTS) is 1. The molecule has 0 saturated carbocycles. The third-order valence-corrected chi connectivity index (χ3v) is 4.00. The molecule has 1 aromatic rings. The second-order valence-corrected chi connectivity index (χ2v) is 5.73. The normalized spacial score (nSPS) is 30.5. The highest BCUT2D eigenvalue weighted by atomic mass is 16.7. The molecule has 5 N–H and O–H groups in total. The number of rotatable bonds is 5. The molecule has 0 radical (unpaired) electrons. The highest BCUT2D eigenvalue weighted by Gasteiger charge is 2.45. The van der Waals surface area contributed by atoms with E-state index in [9.17, 15) is 25.2 Å². The number of hydrogen-bond acceptors (Lipinski definition) is 9. The van der Waals surface area contributed by atoms with Crippen LogP contribution in [0.4, 0.5) is 0 Å². The van der Waals surface area contributed by atoms with Crippen molar-refractivity contribution in [2.45, 2.75) is 30.7 Å². The molecule has 0 aromatic heterocycles. The Kier molecular flexibility index (Phi) is 5.30. The lowest BCUT2D eigenvalue weighted by molar-refractivity contribution is -0.277. The van der Waals surface area contributed by atoms with E-state index in [1.54, 1.807) is 0 Å². The van der Waals surface area contributed by atoms with Crippen molar-refractivity contribution in [3.05, 3.63) is 23.8 Å². The van der Waals surface area contributed by atoms with Crippen LogP contribution in [0.1, 0.15) is 5.56 Å². The predicted molar refractivity (Wildman–Crippen MR) is 83.6 cm³/mol. The summed E-state index contributed by atoms with van der Waals surface area (Å²) in [5.74, 6) is -0.356. The number of fused-ring (bicyclic) bond motifs is 1. The number of aliphatic carboxylic acids is 1. The second kappa shape index (κ2) is 7.48. The van der Waals surface area contributed by atoms with Crippen LogP contribution in [-0.2, 0) is 9.53 Å². The largest absolute Gasteiger partial charge is 0.478 e. The van der Waals surface area contributed by atoms with E-state index in [4.69, 9.17) is 24.1 Å². The maximum absolute atomic E-state index is 10.8. The van der Waals surface area contributed by atoms with Gasteiger partial charge < -0.3 is 44.5 Å². The smallest absolute Gasteiger partial charge is 0.328 e. The Hall–Kier alpha value is -2.37. The van der Waals surface area contributed by atoms with Crippen LogP contribution in [0.15, 0.2) is 18.2 Å². The van der Waals surface area contributed by atoms with Crippen molar-refractivity contribution in [1.29, 1.82) is 0 Å². The molecule has 1 aromatic carbocycles. The Morgan fingerprint density at radius 3 is 2.50 bits per heavy atom. The molecule has 5 atom stereocenters. The number of benzene rings is 1. The van der Waals surface area contributed by atoms with Gasteiger partial charge in [0.2, 0.25) is 13.1 Å². The first-order valence-electron chi connectivity index (χ1n) is 7.72. The molecule has 0 amide bonds. The average Bonchev–Trinajstić information content (AvgIpc) is 3.07. The fraction of sp³-hybridized carbons (Fsp3) is 0.438. The summed E-state index contributed by atoms with van der Waals surface area (Å²) in [5.41, 5.74) is 0.300. The first-order valence-corrected chi connectivity index (χ1v) is 7.72. The average molecular weight is 370 g/mol. The van der Waals surface area contributed by atoms with Gasteiger partial charge in [-0.2, -0.15) is 0 Å². The Morgan fingerprint density at radius 1 is 1.15 bits per heavy atom. The lowest BCUT2D eigenvalue weighted by Crippen LogP contribution is -2.60. The van der Waals surface area contributed by atoms with Gasteiger partial charge >= 0.3 is 5.97 Å². The molecule has 2 heterocycles. The molecule has 10 nitrogen and oxygen atoms in total. The highest BCUT2D eigenvalue weighted by Crippen LogP contribution is 2.39. The van der Waals surface area contributed by atoms with E-state index in [0.29, 0.717) is 17.1 Å². The van der Waals surface area contributed by atoms with Gasteiger partial charge in [-0.15, -0.1) is 0 Å². The molecule has 0 spiro atoms. The van der Waals surface area contributed by atoms with Gasteiger partial charge in [-0.25, -0.2) is 4.79 Å². The van der Waals surface area contributed by atoms with Crippen molar-refractivity contribution in [2.24, 2.45) is 0 Å². The summed E-state index contributed by atoms with van der Waals surface area (Å²) in [6, 6.07) is 2.91. The van der Waals surface area contributed by atoms with Gasteiger partial charge in [-0.05, 0) is 12.1 Å². The van der Waals surface area contributed by atoms with E-state index < -0.39 is 43.3 Å². The van der Waals surface area contributed by atoms with E-state index in [1.165, 1.54) is 18.2 Å². The fourth-order valence-electron chi connectivity index (χ4n) is 2.62. The summed E-state index contributed by atoms with van der Waals surface area (Å²) in [5, 5.41) is 47.8. The number of carbonyl (C=O) groups is 1. The summed E-state index contributed by atoms with van der Waals surface area (Å²) in [6.07, 6.45) is -5.12. The topological polar surface area (TPSA) is 155 Å². The highest BCUT2D eigenvalue weighted by molar-refractivity contribution is 5.86. The lowest BCUT2D eigenvalue weighted by Gasteiger charge is -2.39. The van der Waals surface area contributed by atoms with Crippen molar-refractivity contribution in [1.82, 2.24) is 0 Å². The Balaban J connectivity index is 1.89. The lowest BCUT2D eigenvalue weighted by atomic mass is 9.99. The molecule has 142 valence electrons. The molecule has 0 aliphatic carbocycles. The van der Waals surface area contributed by atoms with Gasteiger partial charge in [-0.3, -0.25) is 0 Å². The van der Waals surface area contributed by atoms with E-state index in [2.05, 4.69) is 0 Å². The van der Waals surface area contributed by atoms with E-state index in [1.807, 2.05) is 0 Å². The van der Waals surface area contributed by atoms with Crippen LogP contribution in [-0.4, -0.2) is 75.6 Å². The van der Waals surface area contributed by atoms with Crippen molar-refractivity contribution >= 4 is 12.0 Å². The number of ether oxygens (including phenoxy) is 4. The van der Waals surface area contributed by atoms with E-state index >= 15 is 0 Å². The van der Waals surface area contributed by atoms with Crippen LogP contribution in [0.3, 0.4) is 0 Å². The van der Waals surface area contributed by atoms with Gasteiger partial charge in [-0.1, -0.05) is 0 Å². The molecule has 3 rings (SSSR count). The fourth-order valence-corrected chi connectivity index (χ4v) is 2.62. The van der Waals surface area contributed by atoms with Crippen molar-refractivity contribution in [2.75, 3.05) is 13.4 Å². The van der Waals surface area contributed by atoms with Crippen LogP contribution in [0.2, 0.25) is 0 Å². The maximum Gasteiger partial charge on any atom is 0.328 e.